The second-order valence-electron chi connectivity index (χ2n) is 9.06. The molecule has 0 aliphatic heterocycles. The van der Waals surface area contributed by atoms with Gasteiger partial charge >= 0.3 is 12.2 Å². The van der Waals surface area contributed by atoms with Gasteiger partial charge in [0.2, 0.25) is 3.79 Å². The van der Waals surface area contributed by atoms with Gasteiger partial charge < -0.3 is 14.7 Å². The van der Waals surface area contributed by atoms with E-state index in [0.717, 1.165) is 36.3 Å². The zero-order valence-corrected chi connectivity index (χ0v) is 19.5. The summed E-state index contributed by atoms with van der Waals surface area (Å²) in [6.07, 6.45) is 1.71. The number of alkyl halides is 3. The van der Waals surface area contributed by atoms with Gasteiger partial charge in [-0.2, -0.15) is 0 Å². The fraction of sp³-hybridized carbons (Fsp3) is 0.619. The predicted octanol–water partition coefficient (Wildman–Crippen LogP) is 6.04. The quantitative estimate of drug-likeness (QED) is 0.507. The molecule has 1 N–H and O–H groups in total. The molecule has 30 heavy (non-hydrogen) atoms. The lowest BCUT2D eigenvalue weighted by Crippen LogP contribution is -2.40. The van der Waals surface area contributed by atoms with Crippen LogP contribution in [0.1, 0.15) is 51.5 Å². The van der Waals surface area contributed by atoms with Gasteiger partial charge in [-0.3, -0.25) is 4.90 Å². The molecule has 0 saturated heterocycles. The molecule has 0 bridgehead atoms. The summed E-state index contributed by atoms with van der Waals surface area (Å²) < 4.78 is 3.90. The van der Waals surface area contributed by atoms with Crippen molar-refractivity contribution >= 4 is 52.7 Å². The van der Waals surface area contributed by atoms with E-state index in [-0.39, 0.29) is 24.6 Å². The number of hydrogen-bond donors (Lipinski definition) is 1. The van der Waals surface area contributed by atoms with Crippen molar-refractivity contribution in [2.75, 3.05) is 18.0 Å². The normalized spacial score (nSPS) is 21.1. The van der Waals surface area contributed by atoms with Gasteiger partial charge in [0.25, 0.3) is 0 Å². The Hall–Kier alpha value is -1.37. The van der Waals surface area contributed by atoms with E-state index in [9.17, 15) is 14.7 Å². The highest BCUT2D eigenvalue weighted by molar-refractivity contribution is 6.68. The van der Waals surface area contributed by atoms with Gasteiger partial charge in [-0.1, -0.05) is 46.9 Å². The van der Waals surface area contributed by atoms with E-state index in [1.165, 1.54) is 0 Å². The van der Waals surface area contributed by atoms with E-state index >= 15 is 0 Å². The Morgan fingerprint density at radius 2 is 1.73 bits per heavy atom. The highest BCUT2D eigenvalue weighted by atomic mass is 35.6. The molecule has 0 heterocycles. The Bertz CT molecular complexity index is 785. The average molecular weight is 478 g/mol. The number of halogens is 3. The molecule has 0 radical (unpaired) electrons. The first-order chi connectivity index (χ1) is 13.8. The molecule has 3 rings (SSSR count). The van der Waals surface area contributed by atoms with Crippen LogP contribution in [-0.2, 0) is 4.74 Å². The van der Waals surface area contributed by atoms with Crippen LogP contribution < -0.4 is 4.90 Å². The minimum absolute atomic E-state index is 0.100. The summed E-state index contributed by atoms with van der Waals surface area (Å²) in [6.45, 7) is 6.06. The zero-order chi connectivity index (χ0) is 22.3. The Labute approximate surface area is 192 Å². The van der Waals surface area contributed by atoms with Crippen LogP contribution in [0.3, 0.4) is 0 Å². The zero-order valence-electron chi connectivity index (χ0n) is 17.3. The van der Waals surface area contributed by atoms with E-state index in [1.54, 1.807) is 12.1 Å². The van der Waals surface area contributed by atoms with Crippen molar-refractivity contribution in [1.82, 2.24) is 4.90 Å². The number of carboxylic acid groups (broad SMARTS) is 1. The third-order valence-corrected chi connectivity index (χ3v) is 5.50. The van der Waals surface area contributed by atoms with E-state index < -0.39 is 15.5 Å². The van der Waals surface area contributed by atoms with Gasteiger partial charge in [-0.15, -0.1) is 0 Å². The lowest BCUT2D eigenvalue weighted by molar-refractivity contribution is 0.0220. The molecule has 0 spiro atoms. The molecule has 0 unspecified atom stereocenters. The Morgan fingerprint density at radius 3 is 2.20 bits per heavy atom. The number of anilines is 1. The largest absolute Gasteiger partial charge is 0.465 e. The smallest absolute Gasteiger partial charge is 0.411 e. The molecule has 9 heteroatoms. The van der Waals surface area contributed by atoms with Crippen molar-refractivity contribution in [3.8, 4) is 0 Å². The van der Waals surface area contributed by atoms with Crippen LogP contribution in [0, 0.1) is 5.92 Å². The summed E-state index contributed by atoms with van der Waals surface area (Å²) in [5, 5.41) is 9.43. The molecule has 2 amide bonds. The number of carbonyl (C=O) groups excluding carboxylic acids is 1. The van der Waals surface area contributed by atoms with E-state index in [1.807, 2.05) is 37.8 Å². The van der Waals surface area contributed by atoms with Crippen LogP contribution in [0.4, 0.5) is 15.3 Å². The standard InChI is InChI=1S/C21H27Cl3N2O4/c1-20(2,3)30-19(29)25(11-13-4-5-13)17-10-16(17)14-6-8-15(9-7-14)26(18(27)28)12-21(22,23)24/h6-9,13,16-17H,4-5,10-12H2,1-3H3,(H,27,28)/t16-,17+/m0/s1. The molecular formula is C21H27Cl3N2O4. The van der Waals surface area contributed by atoms with Crippen molar-refractivity contribution in [3.05, 3.63) is 29.8 Å². The molecule has 6 nitrogen and oxygen atoms in total. The number of benzene rings is 1. The number of hydrogen-bond acceptors (Lipinski definition) is 3. The molecule has 2 atom stereocenters. The highest BCUT2D eigenvalue weighted by Gasteiger charge is 2.47. The summed E-state index contributed by atoms with van der Waals surface area (Å²) in [4.78, 5) is 27.1. The topological polar surface area (TPSA) is 70.1 Å². The van der Waals surface area contributed by atoms with Crippen molar-refractivity contribution in [3.63, 3.8) is 0 Å². The SMILES string of the molecule is CC(C)(C)OC(=O)N(CC1CC1)[C@@H]1C[C@H]1c1ccc(N(CC(Cl)(Cl)Cl)C(=O)O)cc1. The predicted molar refractivity (Wildman–Crippen MR) is 119 cm³/mol. The van der Waals surface area contributed by atoms with Crippen LogP contribution >= 0.6 is 34.8 Å². The second-order valence-corrected chi connectivity index (χ2v) is 11.6. The number of rotatable bonds is 6. The first-order valence-electron chi connectivity index (χ1n) is 10.0. The van der Waals surface area contributed by atoms with Crippen molar-refractivity contribution in [1.29, 1.82) is 0 Å². The molecule has 0 aromatic heterocycles. The minimum atomic E-state index is -1.71. The summed E-state index contributed by atoms with van der Waals surface area (Å²) in [7, 11) is 0. The van der Waals surface area contributed by atoms with Crippen LogP contribution in [0.2, 0.25) is 0 Å². The monoisotopic (exact) mass is 476 g/mol. The minimum Gasteiger partial charge on any atom is -0.465 e. The first-order valence-corrected chi connectivity index (χ1v) is 11.1. The maximum Gasteiger partial charge on any atom is 0.411 e. The summed E-state index contributed by atoms with van der Waals surface area (Å²) in [5.74, 6) is 0.768. The molecule has 2 aliphatic carbocycles. The maximum atomic E-state index is 12.7. The fourth-order valence-electron chi connectivity index (χ4n) is 3.48. The molecule has 166 valence electrons. The molecule has 1 aromatic carbocycles. The van der Waals surface area contributed by atoms with Gasteiger partial charge in [-0.25, -0.2) is 9.59 Å². The second kappa shape index (κ2) is 8.64. The van der Waals surface area contributed by atoms with Crippen molar-refractivity contribution in [2.45, 2.75) is 61.4 Å². The maximum absolute atomic E-state index is 12.7. The third-order valence-electron chi connectivity index (χ3n) is 5.14. The number of amides is 2. The highest BCUT2D eigenvalue weighted by Crippen LogP contribution is 2.47. The van der Waals surface area contributed by atoms with Gasteiger partial charge in [-0.05, 0) is 63.6 Å². The Morgan fingerprint density at radius 1 is 1.13 bits per heavy atom. The average Bonchev–Trinajstić information content (AvgIpc) is 3.49. The van der Waals surface area contributed by atoms with E-state index in [0.29, 0.717) is 11.6 Å². The van der Waals surface area contributed by atoms with Crippen LogP contribution in [-0.4, -0.2) is 50.7 Å². The molecule has 1 aromatic rings. The molecule has 2 fully saturated rings. The van der Waals surface area contributed by atoms with Crippen molar-refractivity contribution < 1.29 is 19.4 Å². The number of ether oxygens (including phenoxy) is 1. The number of carbonyl (C=O) groups is 2. The van der Waals surface area contributed by atoms with E-state index in [4.69, 9.17) is 39.5 Å². The van der Waals surface area contributed by atoms with Crippen LogP contribution in [0.5, 0.6) is 0 Å². The Kier molecular flexibility index (Phi) is 6.71. The van der Waals surface area contributed by atoms with Gasteiger partial charge in [0, 0.05) is 24.2 Å². The van der Waals surface area contributed by atoms with Crippen LogP contribution in [0.25, 0.3) is 0 Å². The van der Waals surface area contributed by atoms with Crippen LogP contribution in [0.15, 0.2) is 24.3 Å². The summed E-state index contributed by atoms with van der Waals surface area (Å²) in [6, 6.07) is 7.25. The van der Waals surface area contributed by atoms with Gasteiger partial charge in [0.1, 0.15) is 5.60 Å². The lowest BCUT2D eigenvalue weighted by Gasteiger charge is -2.28. The Balaban J connectivity index is 1.69. The molecular weight excluding hydrogens is 451 g/mol. The number of nitrogens with zero attached hydrogens (tertiary/aromatic N) is 2. The van der Waals surface area contributed by atoms with Crippen molar-refractivity contribution in [2.24, 2.45) is 5.92 Å². The lowest BCUT2D eigenvalue weighted by atomic mass is 10.1. The molecule has 2 aliphatic rings. The van der Waals surface area contributed by atoms with E-state index in [2.05, 4.69) is 0 Å². The summed E-state index contributed by atoms with van der Waals surface area (Å²) in [5.41, 5.74) is 0.942. The fourth-order valence-corrected chi connectivity index (χ4v) is 3.84. The third kappa shape index (κ3) is 6.56. The summed E-state index contributed by atoms with van der Waals surface area (Å²) >= 11 is 17.3. The van der Waals surface area contributed by atoms with Gasteiger partial charge in [0.05, 0.1) is 6.54 Å². The molecule has 2 saturated carbocycles. The first kappa shape index (κ1) is 23.3. The van der Waals surface area contributed by atoms with Gasteiger partial charge in [0.15, 0.2) is 0 Å².